The number of carbonyl (C=O) groups excluding carboxylic acids is 1. The van der Waals surface area contributed by atoms with Crippen LogP contribution >= 0.6 is 0 Å². The molecule has 0 saturated heterocycles. The third kappa shape index (κ3) is 5.18. The van der Waals surface area contributed by atoms with Gasteiger partial charge in [0.2, 0.25) is 0 Å². The first kappa shape index (κ1) is 24.0. The molecule has 4 unspecified atom stereocenters. The van der Waals surface area contributed by atoms with Gasteiger partial charge in [0.15, 0.2) is 0 Å². The number of carboxylic acid groups (broad SMARTS) is 1. The van der Waals surface area contributed by atoms with E-state index in [9.17, 15) is 14.7 Å². The summed E-state index contributed by atoms with van der Waals surface area (Å²) in [5, 5.41) is 12.3. The average Bonchev–Trinajstić information content (AvgIpc) is 3.46. The van der Waals surface area contributed by atoms with Crippen molar-refractivity contribution in [1.82, 2.24) is 14.9 Å². The molecule has 1 amide bonds. The fourth-order valence-electron chi connectivity index (χ4n) is 5.07. The van der Waals surface area contributed by atoms with E-state index < -0.39 is 12.0 Å². The molecule has 1 aliphatic carbocycles. The molecular formula is C27H35N3O4. The Bertz CT molecular complexity index is 1130. The first-order chi connectivity index (χ1) is 16.4. The number of furan rings is 1. The van der Waals surface area contributed by atoms with Gasteiger partial charge < -0.3 is 19.4 Å². The molecule has 2 heterocycles. The predicted molar refractivity (Wildman–Crippen MR) is 131 cm³/mol. The van der Waals surface area contributed by atoms with Crippen molar-refractivity contribution >= 4 is 22.9 Å². The molecule has 4 rings (SSSR count). The van der Waals surface area contributed by atoms with E-state index in [0.717, 1.165) is 35.5 Å². The topological polar surface area (TPSA) is 97.4 Å². The SMILES string of the molecule is CCC(C)CC(NC(=O)c1ccc2c(c1)nc(Cc1ccco1)n2C1CCCCC1C)C(=O)O. The number of hydrogen-bond donors (Lipinski definition) is 2. The monoisotopic (exact) mass is 465 g/mol. The Hall–Kier alpha value is -3.09. The lowest BCUT2D eigenvalue weighted by atomic mass is 9.85. The maximum absolute atomic E-state index is 13.0. The summed E-state index contributed by atoms with van der Waals surface area (Å²) in [5.74, 6) is 1.15. The molecule has 7 heteroatoms. The molecule has 0 bridgehead atoms. The van der Waals surface area contributed by atoms with E-state index in [1.807, 2.05) is 32.0 Å². The minimum atomic E-state index is -1.01. The summed E-state index contributed by atoms with van der Waals surface area (Å²) in [5.41, 5.74) is 2.18. The molecule has 1 aromatic carbocycles. The Kier molecular flexibility index (Phi) is 7.39. The van der Waals surface area contributed by atoms with Crippen LogP contribution in [0.1, 0.15) is 87.3 Å². The van der Waals surface area contributed by atoms with Gasteiger partial charge in [0.1, 0.15) is 17.6 Å². The molecule has 2 aromatic heterocycles. The minimum Gasteiger partial charge on any atom is -0.480 e. The van der Waals surface area contributed by atoms with Crippen LogP contribution in [0.4, 0.5) is 0 Å². The van der Waals surface area contributed by atoms with Gasteiger partial charge in [0, 0.05) is 11.6 Å². The van der Waals surface area contributed by atoms with Crippen molar-refractivity contribution in [3.8, 4) is 0 Å². The van der Waals surface area contributed by atoms with E-state index >= 15 is 0 Å². The molecule has 1 saturated carbocycles. The van der Waals surface area contributed by atoms with Crippen molar-refractivity contribution in [2.75, 3.05) is 0 Å². The van der Waals surface area contributed by atoms with Crippen LogP contribution < -0.4 is 5.32 Å². The number of rotatable bonds is 9. The van der Waals surface area contributed by atoms with Crippen LogP contribution in [0.25, 0.3) is 11.0 Å². The highest BCUT2D eigenvalue weighted by molar-refractivity contribution is 5.99. The number of carbonyl (C=O) groups is 2. The number of benzene rings is 1. The number of fused-ring (bicyclic) bond motifs is 1. The standard InChI is InChI=1S/C27H35N3O4/c1-4-17(2)14-22(27(32)33)29-26(31)19-11-12-24-21(15-19)28-25(16-20-9-7-13-34-20)30(24)23-10-6-5-8-18(23)3/h7,9,11-13,15,17-18,22-23H,4-6,8,10,14,16H2,1-3H3,(H,29,31)(H,32,33). The maximum atomic E-state index is 13.0. The summed E-state index contributed by atoms with van der Waals surface area (Å²) in [6.45, 7) is 6.31. The lowest BCUT2D eigenvalue weighted by Gasteiger charge is -2.31. The van der Waals surface area contributed by atoms with E-state index in [1.54, 1.807) is 18.4 Å². The first-order valence-corrected chi connectivity index (χ1v) is 12.4. The van der Waals surface area contributed by atoms with Crippen LogP contribution in [-0.2, 0) is 11.2 Å². The molecule has 0 aliphatic heterocycles. The predicted octanol–water partition coefficient (Wildman–Crippen LogP) is 5.59. The molecule has 2 N–H and O–H groups in total. The Balaban J connectivity index is 1.66. The van der Waals surface area contributed by atoms with Crippen molar-refractivity contribution < 1.29 is 19.1 Å². The summed E-state index contributed by atoms with van der Waals surface area (Å²) in [6.07, 6.45) is 8.27. The molecule has 0 radical (unpaired) electrons. The Labute approximate surface area is 200 Å². The van der Waals surface area contributed by atoms with Crippen LogP contribution in [0.5, 0.6) is 0 Å². The normalized spacial score (nSPS) is 20.2. The van der Waals surface area contributed by atoms with E-state index in [0.29, 0.717) is 30.4 Å². The fourth-order valence-corrected chi connectivity index (χ4v) is 5.07. The average molecular weight is 466 g/mol. The van der Waals surface area contributed by atoms with Crippen LogP contribution in [0, 0.1) is 11.8 Å². The first-order valence-electron chi connectivity index (χ1n) is 12.4. The van der Waals surface area contributed by atoms with Gasteiger partial charge >= 0.3 is 5.97 Å². The number of nitrogens with zero attached hydrogens (tertiary/aromatic N) is 2. The van der Waals surface area contributed by atoms with Crippen LogP contribution in [-0.4, -0.2) is 32.6 Å². The summed E-state index contributed by atoms with van der Waals surface area (Å²) in [7, 11) is 0. The smallest absolute Gasteiger partial charge is 0.326 e. The Morgan fingerprint density at radius 2 is 2.06 bits per heavy atom. The molecule has 7 nitrogen and oxygen atoms in total. The minimum absolute atomic E-state index is 0.209. The molecule has 3 aromatic rings. The lowest BCUT2D eigenvalue weighted by Crippen LogP contribution is -2.41. The zero-order valence-electron chi connectivity index (χ0n) is 20.3. The molecule has 0 spiro atoms. The zero-order valence-corrected chi connectivity index (χ0v) is 20.3. The van der Waals surface area contributed by atoms with Gasteiger partial charge in [-0.25, -0.2) is 9.78 Å². The van der Waals surface area contributed by atoms with Crippen molar-refractivity contribution in [2.45, 2.75) is 77.8 Å². The number of nitrogens with one attached hydrogen (secondary N) is 1. The molecule has 182 valence electrons. The summed E-state index contributed by atoms with van der Waals surface area (Å²) in [4.78, 5) is 29.6. The highest BCUT2D eigenvalue weighted by Gasteiger charge is 2.28. The second-order valence-electron chi connectivity index (χ2n) is 9.80. The van der Waals surface area contributed by atoms with Crippen LogP contribution in [0.2, 0.25) is 0 Å². The van der Waals surface area contributed by atoms with Gasteiger partial charge in [-0.15, -0.1) is 0 Å². The molecule has 1 fully saturated rings. The summed E-state index contributed by atoms with van der Waals surface area (Å²) in [6, 6.07) is 8.80. The molecule has 34 heavy (non-hydrogen) atoms. The maximum Gasteiger partial charge on any atom is 0.326 e. The van der Waals surface area contributed by atoms with E-state index in [-0.39, 0.29) is 11.8 Å². The third-order valence-corrected chi connectivity index (χ3v) is 7.27. The quantitative estimate of drug-likeness (QED) is 0.429. The van der Waals surface area contributed by atoms with Gasteiger partial charge in [-0.3, -0.25) is 4.79 Å². The number of amides is 1. The van der Waals surface area contributed by atoms with Crippen LogP contribution in [0.15, 0.2) is 41.0 Å². The second kappa shape index (κ2) is 10.5. The van der Waals surface area contributed by atoms with Crippen molar-refractivity contribution in [3.63, 3.8) is 0 Å². The van der Waals surface area contributed by atoms with Crippen molar-refractivity contribution in [2.24, 2.45) is 11.8 Å². The zero-order chi connectivity index (χ0) is 24.2. The summed E-state index contributed by atoms with van der Waals surface area (Å²) >= 11 is 0. The number of aromatic nitrogens is 2. The number of aliphatic carboxylic acids is 1. The van der Waals surface area contributed by atoms with Gasteiger partial charge in [0.25, 0.3) is 5.91 Å². The number of carboxylic acids is 1. The van der Waals surface area contributed by atoms with Crippen molar-refractivity contribution in [3.05, 3.63) is 53.7 Å². The lowest BCUT2D eigenvalue weighted by molar-refractivity contribution is -0.139. The molecular weight excluding hydrogens is 430 g/mol. The van der Waals surface area contributed by atoms with Crippen LogP contribution in [0.3, 0.4) is 0 Å². The van der Waals surface area contributed by atoms with Crippen molar-refractivity contribution in [1.29, 1.82) is 0 Å². The highest BCUT2D eigenvalue weighted by Crippen LogP contribution is 2.37. The van der Waals surface area contributed by atoms with Gasteiger partial charge in [-0.2, -0.15) is 0 Å². The largest absolute Gasteiger partial charge is 0.480 e. The third-order valence-electron chi connectivity index (χ3n) is 7.27. The van der Waals surface area contributed by atoms with E-state index in [4.69, 9.17) is 9.40 Å². The van der Waals surface area contributed by atoms with Gasteiger partial charge in [-0.1, -0.05) is 40.0 Å². The highest BCUT2D eigenvalue weighted by atomic mass is 16.4. The van der Waals surface area contributed by atoms with E-state index in [2.05, 4.69) is 16.8 Å². The van der Waals surface area contributed by atoms with Gasteiger partial charge in [0.05, 0.1) is 23.7 Å². The Morgan fingerprint density at radius 3 is 2.74 bits per heavy atom. The second-order valence-corrected chi connectivity index (χ2v) is 9.80. The molecule has 1 aliphatic rings. The molecule has 4 atom stereocenters. The summed E-state index contributed by atoms with van der Waals surface area (Å²) < 4.78 is 7.94. The van der Waals surface area contributed by atoms with E-state index in [1.165, 1.54) is 19.3 Å². The van der Waals surface area contributed by atoms with Gasteiger partial charge in [-0.05, 0) is 61.4 Å². The Morgan fingerprint density at radius 1 is 1.26 bits per heavy atom. The number of hydrogen-bond acceptors (Lipinski definition) is 4. The number of imidazole rings is 1. The fraction of sp³-hybridized carbons (Fsp3) is 0.519.